The summed E-state index contributed by atoms with van der Waals surface area (Å²) in [5, 5.41) is 1.52. The van der Waals surface area contributed by atoms with Gasteiger partial charge in [-0.15, -0.1) is 0 Å². The lowest BCUT2D eigenvalue weighted by atomic mass is 10.2. The minimum atomic E-state index is -4.58. The minimum absolute atomic E-state index is 0.506. The first kappa shape index (κ1) is 10.6. The highest BCUT2D eigenvalue weighted by atomic mass is 19.4. The van der Waals surface area contributed by atoms with Gasteiger partial charge in [0.05, 0.1) is 0 Å². The van der Waals surface area contributed by atoms with Gasteiger partial charge in [0, 0.05) is 0 Å². The van der Waals surface area contributed by atoms with E-state index in [1.807, 2.05) is 0 Å². The molecule has 1 N–H and O–H groups in total. The van der Waals surface area contributed by atoms with Crippen LogP contribution in [0.25, 0.3) is 0 Å². The summed E-state index contributed by atoms with van der Waals surface area (Å²) in [5.41, 5.74) is 0. The Bertz CT molecular complexity index is 163. The molecule has 2 atom stereocenters. The molecule has 0 spiro atoms. The molecule has 1 aliphatic rings. The number of alkyl halides is 6. The zero-order valence-electron chi connectivity index (χ0n) is 6.34. The SMILES string of the molecule is FC(F)(F)[C@@H]1CC[C@H](C(F)(F)F)N1. The van der Waals surface area contributed by atoms with Crippen molar-refractivity contribution in [3.05, 3.63) is 0 Å². The van der Waals surface area contributed by atoms with E-state index in [0.29, 0.717) is 0 Å². The van der Waals surface area contributed by atoms with E-state index in [4.69, 9.17) is 0 Å². The summed E-state index contributed by atoms with van der Waals surface area (Å²) in [6.07, 6.45) is -10.2. The molecule has 0 aromatic carbocycles. The summed E-state index contributed by atoms with van der Waals surface area (Å²) in [5.74, 6) is 0. The van der Waals surface area contributed by atoms with Crippen LogP contribution in [-0.4, -0.2) is 24.4 Å². The molecule has 1 saturated heterocycles. The predicted molar refractivity (Wildman–Crippen MR) is 32.1 cm³/mol. The van der Waals surface area contributed by atoms with E-state index in [1.165, 1.54) is 5.32 Å². The zero-order valence-corrected chi connectivity index (χ0v) is 6.34. The Morgan fingerprint density at radius 3 is 1.23 bits per heavy atom. The van der Waals surface area contributed by atoms with Crippen LogP contribution in [0.15, 0.2) is 0 Å². The van der Waals surface area contributed by atoms with Crippen LogP contribution in [0.4, 0.5) is 26.3 Å². The van der Waals surface area contributed by atoms with Crippen molar-refractivity contribution in [3.8, 4) is 0 Å². The number of rotatable bonds is 0. The van der Waals surface area contributed by atoms with Crippen molar-refractivity contribution in [1.29, 1.82) is 0 Å². The second kappa shape index (κ2) is 3.04. The summed E-state index contributed by atoms with van der Waals surface area (Å²) >= 11 is 0. The Morgan fingerprint density at radius 1 is 0.769 bits per heavy atom. The van der Waals surface area contributed by atoms with Crippen molar-refractivity contribution in [2.45, 2.75) is 37.3 Å². The van der Waals surface area contributed by atoms with Gasteiger partial charge in [0.15, 0.2) is 0 Å². The van der Waals surface area contributed by atoms with Gasteiger partial charge in [0.2, 0.25) is 0 Å². The van der Waals surface area contributed by atoms with Crippen molar-refractivity contribution < 1.29 is 26.3 Å². The van der Waals surface area contributed by atoms with Gasteiger partial charge in [0.25, 0.3) is 0 Å². The molecular formula is C6H7F6N. The lowest BCUT2D eigenvalue weighted by Crippen LogP contribution is -2.45. The zero-order chi connectivity index (χ0) is 10.3. The molecule has 0 unspecified atom stereocenters. The maximum absolute atomic E-state index is 11.9. The fraction of sp³-hybridized carbons (Fsp3) is 1.00. The van der Waals surface area contributed by atoms with Crippen LogP contribution in [0.3, 0.4) is 0 Å². The number of nitrogens with one attached hydrogen (secondary N) is 1. The molecule has 1 rings (SSSR count). The Kier molecular flexibility index (Phi) is 2.48. The van der Waals surface area contributed by atoms with E-state index >= 15 is 0 Å². The van der Waals surface area contributed by atoms with Gasteiger partial charge >= 0.3 is 12.4 Å². The molecular weight excluding hydrogens is 200 g/mol. The van der Waals surface area contributed by atoms with E-state index in [9.17, 15) is 26.3 Å². The normalized spacial score (nSPS) is 30.9. The Morgan fingerprint density at radius 2 is 1.08 bits per heavy atom. The van der Waals surface area contributed by atoms with Gasteiger partial charge in [-0.3, -0.25) is 5.32 Å². The van der Waals surface area contributed by atoms with Crippen molar-refractivity contribution >= 4 is 0 Å². The van der Waals surface area contributed by atoms with Gasteiger partial charge < -0.3 is 0 Å². The predicted octanol–water partition coefficient (Wildman–Crippen LogP) is 2.23. The first-order chi connectivity index (χ1) is 5.71. The fourth-order valence-electron chi connectivity index (χ4n) is 1.26. The van der Waals surface area contributed by atoms with E-state index < -0.39 is 37.3 Å². The molecule has 0 aromatic heterocycles. The van der Waals surface area contributed by atoms with E-state index in [-0.39, 0.29) is 0 Å². The second-order valence-corrected chi connectivity index (χ2v) is 2.93. The average molecular weight is 207 g/mol. The first-order valence-corrected chi connectivity index (χ1v) is 3.61. The Balaban J connectivity index is 2.55. The quantitative estimate of drug-likeness (QED) is 0.600. The van der Waals surface area contributed by atoms with Crippen molar-refractivity contribution in [2.75, 3.05) is 0 Å². The van der Waals surface area contributed by atoms with Gasteiger partial charge in [0.1, 0.15) is 12.1 Å². The number of halogens is 6. The van der Waals surface area contributed by atoms with E-state index in [0.717, 1.165) is 0 Å². The largest absolute Gasteiger partial charge is 0.403 e. The molecule has 0 radical (unpaired) electrons. The van der Waals surface area contributed by atoms with Crippen LogP contribution in [0.5, 0.6) is 0 Å². The van der Waals surface area contributed by atoms with Crippen LogP contribution < -0.4 is 5.32 Å². The third kappa shape index (κ3) is 2.49. The molecule has 0 bridgehead atoms. The summed E-state index contributed by atoms with van der Waals surface area (Å²) in [4.78, 5) is 0. The summed E-state index contributed by atoms with van der Waals surface area (Å²) in [6.45, 7) is 0. The Labute approximate surface area is 70.1 Å². The molecule has 0 amide bonds. The maximum Gasteiger partial charge on any atom is 0.403 e. The molecule has 78 valence electrons. The number of hydrogen-bond acceptors (Lipinski definition) is 1. The van der Waals surface area contributed by atoms with Crippen LogP contribution in [-0.2, 0) is 0 Å². The molecule has 7 heteroatoms. The maximum atomic E-state index is 11.9. The molecule has 1 heterocycles. The molecule has 0 aromatic rings. The average Bonchev–Trinajstić information content (AvgIpc) is 2.28. The molecule has 13 heavy (non-hydrogen) atoms. The summed E-state index contributed by atoms with van der Waals surface area (Å²) in [6, 6.07) is -4.03. The van der Waals surface area contributed by atoms with Crippen LogP contribution in [0.1, 0.15) is 12.8 Å². The standard InChI is InChI=1S/C6H7F6N/c7-5(8,9)3-1-2-4(13-3)6(10,11)12/h3-4,13H,1-2H2/t3-,4+. The van der Waals surface area contributed by atoms with Gasteiger partial charge in [-0.25, -0.2) is 0 Å². The van der Waals surface area contributed by atoms with E-state index in [1.54, 1.807) is 0 Å². The highest BCUT2D eigenvalue weighted by molar-refractivity contribution is 4.91. The summed E-state index contributed by atoms with van der Waals surface area (Å²) < 4.78 is 71.4. The highest BCUT2D eigenvalue weighted by Crippen LogP contribution is 2.34. The first-order valence-electron chi connectivity index (χ1n) is 3.61. The molecule has 1 aliphatic heterocycles. The molecule has 0 saturated carbocycles. The molecule has 0 aliphatic carbocycles. The van der Waals surface area contributed by atoms with Crippen LogP contribution in [0.2, 0.25) is 0 Å². The van der Waals surface area contributed by atoms with E-state index in [2.05, 4.69) is 0 Å². The van der Waals surface area contributed by atoms with Crippen molar-refractivity contribution in [1.82, 2.24) is 5.32 Å². The lowest BCUT2D eigenvalue weighted by Gasteiger charge is -2.18. The van der Waals surface area contributed by atoms with Crippen LogP contribution >= 0.6 is 0 Å². The van der Waals surface area contributed by atoms with Gasteiger partial charge in [-0.1, -0.05) is 0 Å². The number of hydrogen-bond donors (Lipinski definition) is 1. The molecule has 1 fully saturated rings. The van der Waals surface area contributed by atoms with Gasteiger partial charge in [-0.05, 0) is 12.8 Å². The smallest absolute Gasteiger partial charge is 0.295 e. The monoisotopic (exact) mass is 207 g/mol. The van der Waals surface area contributed by atoms with Gasteiger partial charge in [-0.2, -0.15) is 26.3 Å². The van der Waals surface area contributed by atoms with Crippen molar-refractivity contribution in [2.24, 2.45) is 0 Å². The second-order valence-electron chi connectivity index (χ2n) is 2.93. The third-order valence-corrected chi connectivity index (χ3v) is 1.94. The summed E-state index contributed by atoms with van der Waals surface area (Å²) in [7, 11) is 0. The fourth-order valence-corrected chi connectivity index (χ4v) is 1.26. The minimum Gasteiger partial charge on any atom is -0.295 e. The Hall–Kier alpha value is -0.460. The van der Waals surface area contributed by atoms with Crippen LogP contribution in [0, 0.1) is 0 Å². The topological polar surface area (TPSA) is 12.0 Å². The van der Waals surface area contributed by atoms with Crippen molar-refractivity contribution in [3.63, 3.8) is 0 Å². The third-order valence-electron chi connectivity index (χ3n) is 1.94. The lowest BCUT2D eigenvalue weighted by molar-refractivity contribution is -0.171. The molecule has 1 nitrogen and oxygen atoms in total. The highest BCUT2D eigenvalue weighted by Gasteiger charge is 2.51.